The Labute approximate surface area is 111 Å². The number of likely N-dealkylation sites (N-methyl/N-ethyl adjacent to an activating group) is 1. The van der Waals surface area contributed by atoms with Crippen molar-refractivity contribution in [3.05, 3.63) is 0 Å². The zero-order chi connectivity index (χ0) is 12.1. The van der Waals surface area contributed by atoms with E-state index in [0.717, 1.165) is 32.6 Å². The van der Waals surface area contributed by atoms with Crippen LogP contribution in [0.2, 0.25) is 0 Å². The van der Waals surface area contributed by atoms with Gasteiger partial charge in [0.05, 0.1) is 6.54 Å². The molecule has 1 amide bonds. The van der Waals surface area contributed by atoms with Gasteiger partial charge >= 0.3 is 0 Å². The van der Waals surface area contributed by atoms with Gasteiger partial charge in [0.25, 0.3) is 0 Å². The van der Waals surface area contributed by atoms with Crippen LogP contribution in [0.4, 0.5) is 0 Å². The lowest BCUT2D eigenvalue weighted by atomic mass is 9.95. The number of likely N-dealkylation sites (tertiary alicyclic amines) is 1. The molecule has 2 N–H and O–H groups in total. The number of halogens is 1. The third-order valence-electron chi connectivity index (χ3n) is 3.53. The minimum atomic E-state index is 0. The maximum absolute atomic E-state index is 11.9. The van der Waals surface area contributed by atoms with E-state index in [2.05, 4.69) is 11.8 Å². The highest BCUT2D eigenvalue weighted by atomic mass is 35.5. The van der Waals surface area contributed by atoms with Gasteiger partial charge in [-0.15, -0.1) is 12.4 Å². The molecular weight excluding hydrogens is 238 g/mol. The maximum Gasteiger partial charge on any atom is 0.236 e. The molecule has 0 aromatic heterocycles. The smallest absolute Gasteiger partial charge is 0.236 e. The van der Waals surface area contributed by atoms with Gasteiger partial charge in [-0.1, -0.05) is 6.92 Å². The second-order valence-corrected chi connectivity index (χ2v) is 4.73. The summed E-state index contributed by atoms with van der Waals surface area (Å²) in [6.07, 6.45) is 1.01. The molecule has 0 saturated carbocycles. The van der Waals surface area contributed by atoms with Gasteiger partial charge in [-0.2, -0.15) is 0 Å². The van der Waals surface area contributed by atoms with E-state index in [1.807, 2.05) is 18.7 Å². The molecule has 102 valence electrons. The first-order valence-corrected chi connectivity index (χ1v) is 6.34. The quantitative estimate of drug-likeness (QED) is 0.822. The summed E-state index contributed by atoms with van der Waals surface area (Å²) in [6.45, 7) is 10.3. The first kappa shape index (κ1) is 16.7. The van der Waals surface area contributed by atoms with Gasteiger partial charge in [-0.05, 0) is 26.2 Å². The molecule has 2 unspecified atom stereocenters. The molecule has 0 bridgehead atoms. The van der Waals surface area contributed by atoms with Crippen molar-refractivity contribution in [2.45, 2.75) is 33.2 Å². The molecular formula is C12H26ClN3O. The highest BCUT2D eigenvalue weighted by Crippen LogP contribution is 2.14. The molecule has 0 radical (unpaired) electrons. The van der Waals surface area contributed by atoms with Gasteiger partial charge < -0.3 is 10.6 Å². The van der Waals surface area contributed by atoms with E-state index in [1.54, 1.807) is 0 Å². The van der Waals surface area contributed by atoms with Gasteiger partial charge in [0.15, 0.2) is 0 Å². The Morgan fingerprint density at radius 2 is 2.00 bits per heavy atom. The molecule has 1 aliphatic rings. The summed E-state index contributed by atoms with van der Waals surface area (Å²) in [6, 6.07) is 0.305. The van der Waals surface area contributed by atoms with Crippen LogP contribution in [0.5, 0.6) is 0 Å². The molecule has 1 aliphatic heterocycles. The fourth-order valence-corrected chi connectivity index (χ4v) is 2.26. The average molecular weight is 264 g/mol. The van der Waals surface area contributed by atoms with Crippen molar-refractivity contribution < 1.29 is 4.79 Å². The Morgan fingerprint density at radius 1 is 1.41 bits per heavy atom. The molecule has 1 rings (SSSR count). The number of hydrogen-bond donors (Lipinski definition) is 1. The lowest BCUT2D eigenvalue weighted by molar-refractivity contribution is -0.132. The summed E-state index contributed by atoms with van der Waals surface area (Å²) in [7, 11) is 0. The molecule has 0 aromatic carbocycles. The molecule has 4 nitrogen and oxygen atoms in total. The molecule has 2 atom stereocenters. The van der Waals surface area contributed by atoms with E-state index in [1.165, 1.54) is 0 Å². The van der Waals surface area contributed by atoms with E-state index < -0.39 is 0 Å². The molecule has 0 aromatic rings. The van der Waals surface area contributed by atoms with Crippen LogP contribution in [0.25, 0.3) is 0 Å². The minimum absolute atomic E-state index is 0. The molecule has 5 heteroatoms. The van der Waals surface area contributed by atoms with Crippen molar-refractivity contribution in [2.24, 2.45) is 11.7 Å². The number of nitrogens with two attached hydrogens (primary N) is 1. The van der Waals surface area contributed by atoms with Gasteiger partial charge in [-0.25, -0.2) is 0 Å². The van der Waals surface area contributed by atoms with Crippen LogP contribution in [-0.2, 0) is 4.79 Å². The molecule has 1 fully saturated rings. The number of carbonyl (C=O) groups is 1. The number of amides is 1. The van der Waals surface area contributed by atoms with Crippen LogP contribution in [0.1, 0.15) is 27.2 Å². The van der Waals surface area contributed by atoms with Crippen LogP contribution in [0, 0.1) is 5.92 Å². The summed E-state index contributed by atoms with van der Waals surface area (Å²) in [5.74, 6) is 0.742. The van der Waals surface area contributed by atoms with Gasteiger partial charge in [0.1, 0.15) is 0 Å². The second kappa shape index (κ2) is 7.90. The highest BCUT2D eigenvalue weighted by Gasteiger charge is 2.25. The number of hydrogen-bond acceptors (Lipinski definition) is 3. The standard InChI is InChI=1S/C12H25N3O.ClH/c1-4-15(5-2)12(16)9-14-7-6-11(13)10(3)8-14;/h10-11H,4-9,13H2,1-3H3;1H. The van der Waals surface area contributed by atoms with Crippen molar-refractivity contribution in [3.63, 3.8) is 0 Å². The Hall–Kier alpha value is -0.320. The minimum Gasteiger partial charge on any atom is -0.342 e. The highest BCUT2D eigenvalue weighted by molar-refractivity contribution is 5.85. The summed E-state index contributed by atoms with van der Waals surface area (Å²) in [5.41, 5.74) is 5.96. The SMILES string of the molecule is CCN(CC)C(=O)CN1CCC(N)C(C)C1.Cl. The van der Waals surface area contributed by atoms with E-state index in [4.69, 9.17) is 5.73 Å². The average Bonchev–Trinajstić information content (AvgIpc) is 2.25. The van der Waals surface area contributed by atoms with Crippen molar-refractivity contribution in [1.29, 1.82) is 0 Å². The fourth-order valence-electron chi connectivity index (χ4n) is 2.26. The third kappa shape index (κ3) is 4.82. The Morgan fingerprint density at radius 3 is 2.47 bits per heavy atom. The van der Waals surface area contributed by atoms with Crippen molar-refractivity contribution in [1.82, 2.24) is 9.80 Å². The van der Waals surface area contributed by atoms with E-state index in [0.29, 0.717) is 18.5 Å². The first-order valence-electron chi connectivity index (χ1n) is 6.34. The predicted octanol–water partition coefficient (Wildman–Crippen LogP) is 0.946. The Bertz CT molecular complexity index is 234. The molecule has 0 aliphatic carbocycles. The normalized spacial score (nSPS) is 25.2. The number of nitrogens with zero attached hydrogens (tertiary/aromatic N) is 2. The largest absolute Gasteiger partial charge is 0.342 e. The van der Waals surface area contributed by atoms with Gasteiger partial charge in [0.2, 0.25) is 5.91 Å². The Balaban J connectivity index is 0.00000256. The van der Waals surface area contributed by atoms with Gasteiger partial charge in [-0.3, -0.25) is 9.69 Å². The second-order valence-electron chi connectivity index (χ2n) is 4.73. The van der Waals surface area contributed by atoms with Crippen LogP contribution in [0.15, 0.2) is 0 Å². The molecule has 1 saturated heterocycles. The van der Waals surface area contributed by atoms with Crippen molar-refractivity contribution >= 4 is 18.3 Å². The van der Waals surface area contributed by atoms with E-state index in [9.17, 15) is 4.79 Å². The summed E-state index contributed by atoms with van der Waals surface area (Å²) < 4.78 is 0. The number of carbonyl (C=O) groups excluding carboxylic acids is 1. The molecule has 1 heterocycles. The van der Waals surface area contributed by atoms with E-state index >= 15 is 0 Å². The molecule has 17 heavy (non-hydrogen) atoms. The van der Waals surface area contributed by atoms with Gasteiger partial charge in [0, 0.05) is 32.2 Å². The van der Waals surface area contributed by atoms with Crippen LogP contribution in [-0.4, -0.2) is 54.5 Å². The summed E-state index contributed by atoms with van der Waals surface area (Å²) >= 11 is 0. The Kier molecular flexibility index (Phi) is 7.75. The zero-order valence-corrected chi connectivity index (χ0v) is 12.0. The van der Waals surface area contributed by atoms with Crippen LogP contribution >= 0.6 is 12.4 Å². The lowest BCUT2D eigenvalue weighted by Gasteiger charge is -2.35. The maximum atomic E-state index is 11.9. The zero-order valence-electron chi connectivity index (χ0n) is 11.2. The lowest BCUT2D eigenvalue weighted by Crippen LogP contribution is -2.49. The summed E-state index contributed by atoms with van der Waals surface area (Å²) in [4.78, 5) is 16.0. The fraction of sp³-hybridized carbons (Fsp3) is 0.917. The van der Waals surface area contributed by atoms with Crippen LogP contribution in [0.3, 0.4) is 0 Å². The van der Waals surface area contributed by atoms with Crippen molar-refractivity contribution in [3.8, 4) is 0 Å². The first-order chi connectivity index (χ1) is 7.58. The molecule has 0 spiro atoms. The summed E-state index contributed by atoms with van der Waals surface area (Å²) in [5, 5.41) is 0. The predicted molar refractivity (Wildman–Crippen MR) is 73.4 cm³/mol. The monoisotopic (exact) mass is 263 g/mol. The third-order valence-corrected chi connectivity index (χ3v) is 3.53. The number of piperidine rings is 1. The van der Waals surface area contributed by atoms with E-state index in [-0.39, 0.29) is 18.3 Å². The number of rotatable bonds is 4. The van der Waals surface area contributed by atoms with Crippen LogP contribution < -0.4 is 5.73 Å². The van der Waals surface area contributed by atoms with Crippen molar-refractivity contribution in [2.75, 3.05) is 32.7 Å². The topological polar surface area (TPSA) is 49.6 Å².